The van der Waals surface area contributed by atoms with Gasteiger partial charge in [0.2, 0.25) is 0 Å². The number of aromatic amines is 1. The number of nitrogens with one attached hydrogen (secondary N) is 1. The number of nitrogens with zero attached hydrogens (tertiary/aromatic N) is 2. The van der Waals surface area contributed by atoms with E-state index in [9.17, 15) is 4.39 Å². The third-order valence-corrected chi connectivity index (χ3v) is 3.76. The van der Waals surface area contributed by atoms with Gasteiger partial charge in [-0.2, -0.15) is 0 Å². The van der Waals surface area contributed by atoms with Crippen LogP contribution in [0.3, 0.4) is 0 Å². The molecule has 18 heavy (non-hydrogen) atoms. The van der Waals surface area contributed by atoms with Crippen molar-refractivity contribution in [3.05, 3.63) is 41.6 Å². The highest BCUT2D eigenvalue weighted by Gasteiger charge is 2.22. The van der Waals surface area contributed by atoms with Crippen molar-refractivity contribution in [2.75, 3.05) is 0 Å². The summed E-state index contributed by atoms with van der Waals surface area (Å²) in [6, 6.07) is 4.91. The molecule has 4 rings (SSSR count). The van der Waals surface area contributed by atoms with Crippen LogP contribution in [0.25, 0.3) is 22.3 Å². The number of imidazole rings is 1. The van der Waals surface area contributed by atoms with Gasteiger partial charge in [-0.3, -0.25) is 0 Å². The molecular formula is C14H12FN3. The molecule has 2 aromatic heterocycles. The first-order chi connectivity index (χ1) is 8.74. The van der Waals surface area contributed by atoms with Crippen molar-refractivity contribution in [3.8, 4) is 11.4 Å². The number of benzene rings is 1. The number of H-pyrrole nitrogens is 1. The van der Waals surface area contributed by atoms with E-state index in [0.717, 1.165) is 41.1 Å². The van der Waals surface area contributed by atoms with Crippen molar-refractivity contribution in [2.45, 2.75) is 19.9 Å². The van der Waals surface area contributed by atoms with Gasteiger partial charge < -0.3 is 9.55 Å². The maximum absolute atomic E-state index is 13.4. The number of aryl methyl sites for hydroxylation is 2. The molecule has 0 unspecified atom stereocenters. The van der Waals surface area contributed by atoms with E-state index in [4.69, 9.17) is 0 Å². The van der Waals surface area contributed by atoms with E-state index in [1.807, 2.05) is 13.1 Å². The van der Waals surface area contributed by atoms with E-state index in [1.54, 1.807) is 12.1 Å². The van der Waals surface area contributed by atoms with Crippen LogP contribution in [0.1, 0.15) is 11.4 Å². The van der Waals surface area contributed by atoms with Crippen LogP contribution < -0.4 is 0 Å². The minimum atomic E-state index is -0.181. The first kappa shape index (κ1) is 9.88. The van der Waals surface area contributed by atoms with E-state index in [-0.39, 0.29) is 5.82 Å². The molecule has 3 aromatic rings. The Hall–Kier alpha value is -2.10. The second-order valence-electron chi connectivity index (χ2n) is 4.76. The Balaban J connectivity index is 2.08. The molecule has 0 aliphatic carbocycles. The van der Waals surface area contributed by atoms with Crippen molar-refractivity contribution in [2.24, 2.45) is 0 Å². The average molecular weight is 241 g/mol. The molecule has 0 amide bonds. The molecule has 4 heteroatoms. The largest absolute Gasteiger partial charge is 0.353 e. The minimum Gasteiger partial charge on any atom is -0.353 e. The molecule has 90 valence electrons. The van der Waals surface area contributed by atoms with Gasteiger partial charge in [-0.15, -0.1) is 0 Å². The summed E-state index contributed by atoms with van der Waals surface area (Å²) in [5, 5.41) is 0.995. The molecule has 3 heterocycles. The smallest absolute Gasteiger partial charge is 0.123 e. The van der Waals surface area contributed by atoms with Gasteiger partial charge in [-0.1, -0.05) is 0 Å². The van der Waals surface area contributed by atoms with Crippen molar-refractivity contribution < 1.29 is 4.39 Å². The summed E-state index contributed by atoms with van der Waals surface area (Å²) in [6.45, 7) is 2.93. The van der Waals surface area contributed by atoms with Crippen LogP contribution in [0.4, 0.5) is 4.39 Å². The van der Waals surface area contributed by atoms with E-state index < -0.39 is 0 Å². The first-order valence-corrected chi connectivity index (χ1v) is 6.06. The Kier molecular flexibility index (Phi) is 1.77. The molecule has 0 spiro atoms. The lowest BCUT2D eigenvalue weighted by Crippen LogP contribution is -2.11. The number of hydrogen-bond donors (Lipinski definition) is 1. The molecule has 1 aliphatic heterocycles. The lowest BCUT2D eigenvalue weighted by molar-refractivity contribution is 0.629. The number of fused-ring (bicyclic) bond motifs is 5. The van der Waals surface area contributed by atoms with Gasteiger partial charge in [0.05, 0.1) is 17.6 Å². The number of halogens is 1. The third-order valence-electron chi connectivity index (χ3n) is 3.76. The topological polar surface area (TPSA) is 33.6 Å². The van der Waals surface area contributed by atoms with E-state index in [2.05, 4.69) is 14.5 Å². The molecule has 0 bridgehead atoms. The van der Waals surface area contributed by atoms with Crippen molar-refractivity contribution >= 4 is 10.9 Å². The van der Waals surface area contributed by atoms with E-state index in [1.165, 1.54) is 11.6 Å². The molecule has 0 saturated heterocycles. The predicted molar refractivity (Wildman–Crippen MR) is 67.9 cm³/mol. The zero-order valence-corrected chi connectivity index (χ0v) is 10.00. The predicted octanol–water partition coefficient (Wildman–Crippen LogP) is 3.04. The van der Waals surface area contributed by atoms with Gasteiger partial charge in [-0.05, 0) is 37.1 Å². The van der Waals surface area contributed by atoms with Gasteiger partial charge in [-0.25, -0.2) is 9.37 Å². The Labute approximate surface area is 103 Å². The monoisotopic (exact) mass is 241 g/mol. The molecule has 3 nitrogen and oxygen atoms in total. The highest BCUT2D eigenvalue weighted by Crippen LogP contribution is 2.35. The van der Waals surface area contributed by atoms with Crippen molar-refractivity contribution in [1.29, 1.82) is 0 Å². The summed E-state index contributed by atoms with van der Waals surface area (Å²) in [6.07, 6.45) is 2.81. The van der Waals surface area contributed by atoms with Gasteiger partial charge in [0.15, 0.2) is 0 Å². The van der Waals surface area contributed by atoms with Crippen LogP contribution in [0.2, 0.25) is 0 Å². The molecule has 0 saturated carbocycles. The standard InChI is InChI=1S/C14H12FN3/c1-8-16-7-13-14-10(4-5-18(8)13)11-6-9(15)2-3-12(11)17-14/h2-3,6-7,17H,4-5H2,1H3. The van der Waals surface area contributed by atoms with Crippen molar-refractivity contribution in [1.82, 2.24) is 14.5 Å². The minimum absolute atomic E-state index is 0.181. The van der Waals surface area contributed by atoms with Crippen LogP contribution in [0, 0.1) is 12.7 Å². The Morgan fingerprint density at radius 2 is 2.28 bits per heavy atom. The number of aromatic nitrogens is 3. The highest BCUT2D eigenvalue weighted by molar-refractivity contribution is 5.90. The highest BCUT2D eigenvalue weighted by atomic mass is 19.1. The van der Waals surface area contributed by atoms with Gasteiger partial charge in [0, 0.05) is 17.4 Å². The number of rotatable bonds is 0. The average Bonchev–Trinajstić information content (AvgIpc) is 2.90. The molecule has 1 aliphatic rings. The Morgan fingerprint density at radius 1 is 1.39 bits per heavy atom. The van der Waals surface area contributed by atoms with E-state index in [0.29, 0.717) is 0 Å². The summed E-state index contributed by atoms with van der Waals surface area (Å²) >= 11 is 0. The Bertz CT molecular complexity index is 767. The lowest BCUT2D eigenvalue weighted by Gasteiger charge is -2.16. The van der Waals surface area contributed by atoms with Crippen LogP contribution in [0.15, 0.2) is 24.4 Å². The van der Waals surface area contributed by atoms with E-state index >= 15 is 0 Å². The second kappa shape index (κ2) is 3.22. The van der Waals surface area contributed by atoms with Crippen LogP contribution in [0.5, 0.6) is 0 Å². The first-order valence-electron chi connectivity index (χ1n) is 6.06. The summed E-state index contributed by atoms with van der Waals surface area (Å²) < 4.78 is 15.6. The van der Waals surface area contributed by atoms with Crippen molar-refractivity contribution in [3.63, 3.8) is 0 Å². The molecule has 0 radical (unpaired) electrons. The fourth-order valence-electron chi connectivity index (χ4n) is 2.87. The van der Waals surface area contributed by atoms with Crippen LogP contribution in [-0.2, 0) is 13.0 Å². The zero-order valence-electron chi connectivity index (χ0n) is 10.00. The normalized spacial score (nSPS) is 13.7. The van der Waals surface area contributed by atoms with Gasteiger partial charge >= 0.3 is 0 Å². The molecule has 0 fully saturated rings. The van der Waals surface area contributed by atoms with Crippen LogP contribution >= 0.6 is 0 Å². The second-order valence-corrected chi connectivity index (χ2v) is 4.76. The fourth-order valence-corrected chi connectivity index (χ4v) is 2.87. The summed E-state index contributed by atoms with van der Waals surface area (Å²) in [5.41, 5.74) is 4.39. The molecule has 0 atom stereocenters. The maximum atomic E-state index is 13.4. The summed E-state index contributed by atoms with van der Waals surface area (Å²) in [4.78, 5) is 7.74. The quantitative estimate of drug-likeness (QED) is 0.645. The summed E-state index contributed by atoms with van der Waals surface area (Å²) in [7, 11) is 0. The fraction of sp³-hybridized carbons (Fsp3) is 0.214. The lowest BCUT2D eigenvalue weighted by atomic mass is 10.0. The maximum Gasteiger partial charge on any atom is 0.123 e. The molecular weight excluding hydrogens is 229 g/mol. The third kappa shape index (κ3) is 1.15. The molecule has 1 N–H and O–H groups in total. The Morgan fingerprint density at radius 3 is 3.17 bits per heavy atom. The zero-order chi connectivity index (χ0) is 12.3. The molecule has 1 aromatic carbocycles. The van der Waals surface area contributed by atoms with Crippen LogP contribution in [-0.4, -0.2) is 14.5 Å². The SMILES string of the molecule is Cc1ncc2n1CCc1c-2[nH]c2ccc(F)cc12. The number of hydrogen-bond acceptors (Lipinski definition) is 1. The van der Waals surface area contributed by atoms with Gasteiger partial charge in [0.25, 0.3) is 0 Å². The van der Waals surface area contributed by atoms with Gasteiger partial charge in [0.1, 0.15) is 11.6 Å². The summed E-state index contributed by atoms with van der Waals surface area (Å²) in [5.74, 6) is 0.847.